The number of halogens is 1. The van der Waals surface area contributed by atoms with Gasteiger partial charge in [-0.05, 0) is 30.3 Å². The molecule has 0 amide bonds. The van der Waals surface area contributed by atoms with Gasteiger partial charge in [0.2, 0.25) is 0 Å². The molecule has 2 aromatic heterocycles. The third-order valence-corrected chi connectivity index (χ3v) is 2.40. The van der Waals surface area contributed by atoms with Crippen LogP contribution in [0.3, 0.4) is 0 Å². The molecule has 1 aromatic carbocycles. The second kappa shape index (κ2) is 3.41. The summed E-state index contributed by atoms with van der Waals surface area (Å²) in [5, 5.41) is 0.964. The molecular weight excluding hydrogens is 205 g/mol. The fraction of sp³-hybridized carbons (Fsp3) is 0. The van der Waals surface area contributed by atoms with Gasteiger partial charge < -0.3 is 4.98 Å². The topological polar surface area (TPSA) is 41.6 Å². The van der Waals surface area contributed by atoms with Gasteiger partial charge in [0.25, 0.3) is 0 Å². The Balaban J connectivity index is 2.14. The molecule has 3 aromatic rings. The molecule has 0 unspecified atom stereocenters. The van der Waals surface area contributed by atoms with Gasteiger partial charge >= 0.3 is 0 Å². The van der Waals surface area contributed by atoms with Crippen LogP contribution < -0.4 is 0 Å². The zero-order chi connectivity index (χ0) is 11.0. The van der Waals surface area contributed by atoms with Crippen LogP contribution in [0, 0.1) is 5.82 Å². The fourth-order valence-corrected chi connectivity index (χ4v) is 1.58. The van der Waals surface area contributed by atoms with Gasteiger partial charge in [0.05, 0.1) is 0 Å². The van der Waals surface area contributed by atoms with Crippen LogP contribution in [0.15, 0.2) is 42.7 Å². The number of hydrogen-bond donors (Lipinski definition) is 1. The van der Waals surface area contributed by atoms with Crippen molar-refractivity contribution in [1.29, 1.82) is 0 Å². The van der Waals surface area contributed by atoms with Crippen LogP contribution in [0.25, 0.3) is 22.4 Å². The van der Waals surface area contributed by atoms with Gasteiger partial charge in [-0.25, -0.2) is 14.4 Å². The molecule has 16 heavy (non-hydrogen) atoms. The predicted molar refractivity (Wildman–Crippen MR) is 59.3 cm³/mol. The lowest BCUT2D eigenvalue weighted by molar-refractivity contribution is 0.628. The van der Waals surface area contributed by atoms with Gasteiger partial charge in [0, 0.05) is 23.3 Å². The number of H-pyrrole nitrogens is 1. The number of hydrogen-bond acceptors (Lipinski definition) is 2. The number of aromatic amines is 1. The first kappa shape index (κ1) is 9.03. The molecule has 78 valence electrons. The molecule has 0 spiro atoms. The minimum atomic E-state index is -0.260. The molecule has 0 atom stereocenters. The quantitative estimate of drug-likeness (QED) is 0.675. The summed E-state index contributed by atoms with van der Waals surface area (Å²) >= 11 is 0. The highest BCUT2D eigenvalue weighted by atomic mass is 19.1. The van der Waals surface area contributed by atoms with Crippen LogP contribution in [-0.2, 0) is 0 Å². The van der Waals surface area contributed by atoms with E-state index >= 15 is 0 Å². The molecule has 1 N–H and O–H groups in total. The number of benzene rings is 1. The van der Waals surface area contributed by atoms with Crippen molar-refractivity contribution in [2.24, 2.45) is 0 Å². The Kier molecular flexibility index (Phi) is 1.93. The molecule has 3 rings (SSSR count). The van der Waals surface area contributed by atoms with E-state index in [1.54, 1.807) is 18.3 Å². The summed E-state index contributed by atoms with van der Waals surface area (Å²) in [7, 11) is 0. The number of nitrogens with one attached hydrogen (secondary N) is 1. The Morgan fingerprint density at radius 1 is 1.06 bits per heavy atom. The lowest BCUT2D eigenvalue weighted by atomic mass is 10.2. The molecule has 0 aliphatic rings. The molecule has 4 heteroatoms. The summed E-state index contributed by atoms with van der Waals surface area (Å²) in [5.41, 5.74) is 1.59. The summed E-state index contributed by atoms with van der Waals surface area (Å²) in [6, 6.07) is 8.04. The lowest BCUT2D eigenvalue weighted by Gasteiger charge is -1.99. The first-order valence-corrected chi connectivity index (χ1v) is 4.89. The average molecular weight is 213 g/mol. The van der Waals surface area contributed by atoms with Crippen LogP contribution in [0.4, 0.5) is 4.39 Å². The van der Waals surface area contributed by atoms with Crippen molar-refractivity contribution in [3.8, 4) is 11.4 Å². The molecule has 0 bridgehead atoms. The highest BCUT2D eigenvalue weighted by molar-refractivity contribution is 5.76. The van der Waals surface area contributed by atoms with E-state index in [0.717, 1.165) is 16.6 Å². The second-order valence-electron chi connectivity index (χ2n) is 3.48. The van der Waals surface area contributed by atoms with Crippen LogP contribution in [0.2, 0.25) is 0 Å². The molecule has 3 nitrogen and oxygen atoms in total. The van der Waals surface area contributed by atoms with Crippen LogP contribution in [0.5, 0.6) is 0 Å². The van der Waals surface area contributed by atoms with Crippen molar-refractivity contribution in [2.75, 3.05) is 0 Å². The smallest absolute Gasteiger partial charge is 0.161 e. The third-order valence-electron chi connectivity index (χ3n) is 2.40. The Hall–Kier alpha value is -2.23. The molecule has 0 fully saturated rings. The van der Waals surface area contributed by atoms with Crippen molar-refractivity contribution in [3.63, 3.8) is 0 Å². The predicted octanol–water partition coefficient (Wildman–Crippen LogP) is 2.76. The lowest BCUT2D eigenvalue weighted by Crippen LogP contribution is -1.89. The summed E-state index contributed by atoms with van der Waals surface area (Å²) in [5.74, 6) is 0.333. The zero-order valence-corrected chi connectivity index (χ0v) is 8.31. The van der Waals surface area contributed by atoms with E-state index in [4.69, 9.17) is 0 Å². The largest absolute Gasteiger partial charge is 0.346 e. The summed E-state index contributed by atoms with van der Waals surface area (Å²) in [6.45, 7) is 0. The summed E-state index contributed by atoms with van der Waals surface area (Å²) in [6.07, 6.45) is 3.56. The minimum Gasteiger partial charge on any atom is -0.346 e. The van der Waals surface area contributed by atoms with Gasteiger partial charge in [0.1, 0.15) is 11.5 Å². The molecule has 0 saturated carbocycles. The molecule has 0 radical (unpaired) electrons. The number of fused-ring (bicyclic) bond motifs is 1. The maximum atomic E-state index is 12.8. The maximum Gasteiger partial charge on any atom is 0.161 e. The molecule has 0 aliphatic carbocycles. The molecule has 0 saturated heterocycles. The standard InChI is InChI=1S/C12H8FN3/c13-10-3-1-8(2-4-10)11-15-7-9-5-6-14-12(9)16-11/h1-7H,(H,14,15,16). The van der Waals surface area contributed by atoms with Gasteiger partial charge in [0.15, 0.2) is 5.82 Å². The van der Waals surface area contributed by atoms with E-state index < -0.39 is 0 Å². The van der Waals surface area contributed by atoms with Gasteiger partial charge in [-0.15, -0.1) is 0 Å². The Morgan fingerprint density at radius 3 is 2.69 bits per heavy atom. The van der Waals surface area contributed by atoms with Gasteiger partial charge in [-0.2, -0.15) is 0 Å². The Morgan fingerprint density at radius 2 is 1.88 bits per heavy atom. The third kappa shape index (κ3) is 1.44. The van der Waals surface area contributed by atoms with E-state index in [1.165, 1.54) is 12.1 Å². The zero-order valence-electron chi connectivity index (χ0n) is 8.31. The monoisotopic (exact) mass is 213 g/mol. The van der Waals surface area contributed by atoms with Crippen molar-refractivity contribution < 1.29 is 4.39 Å². The van der Waals surface area contributed by atoms with E-state index in [9.17, 15) is 4.39 Å². The Bertz CT molecular complexity index is 628. The van der Waals surface area contributed by atoms with E-state index in [1.807, 2.05) is 12.3 Å². The fourth-order valence-electron chi connectivity index (χ4n) is 1.58. The summed E-state index contributed by atoms with van der Waals surface area (Å²) in [4.78, 5) is 11.6. The summed E-state index contributed by atoms with van der Waals surface area (Å²) < 4.78 is 12.8. The average Bonchev–Trinajstić information content (AvgIpc) is 2.77. The SMILES string of the molecule is Fc1ccc(-c2ncc3cc[nH]c3n2)cc1. The van der Waals surface area contributed by atoms with E-state index in [2.05, 4.69) is 15.0 Å². The van der Waals surface area contributed by atoms with Crippen molar-refractivity contribution >= 4 is 11.0 Å². The molecular formula is C12H8FN3. The first-order valence-electron chi connectivity index (χ1n) is 4.89. The van der Waals surface area contributed by atoms with E-state index in [-0.39, 0.29) is 5.82 Å². The van der Waals surface area contributed by atoms with Gasteiger partial charge in [-0.1, -0.05) is 0 Å². The molecule has 0 aliphatic heterocycles. The molecule has 2 heterocycles. The van der Waals surface area contributed by atoms with E-state index in [0.29, 0.717) is 5.82 Å². The van der Waals surface area contributed by atoms with Crippen LogP contribution in [0.1, 0.15) is 0 Å². The first-order chi connectivity index (χ1) is 7.83. The second-order valence-corrected chi connectivity index (χ2v) is 3.48. The normalized spacial score (nSPS) is 10.8. The highest BCUT2D eigenvalue weighted by Gasteiger charge is 2.03. The van der Waals surface area contributed by atoms with Gasteiger partial charge in [-0.3, -0.25) is 0 Å². The maximum absolute atomic E-state index is 12.8. The number of nitrogens with zero attached hydrogens (tertiary/aromatic N) is 2. The minimum absolute atomic E-state index is 0.260. The van der Waals surface area contributed by atoms with Crippen molar-refractivity contribution in [2.45, 2.75) is 0 Å². The Labute approximate surface area is 91.0 Å². The van der Waals surface area contributed by atoms with Crippen molar-refractivity contribution in [1.82, 2.24) is 15.0 Å². The van der Waals surface area contributed by atoms with Crippen molar-refractivity contribution in [3.05, 3.63) is 48.5 Å². The number of aromatic nitrogens is 3. The van der Waals surface area contributed by atoms with Crippen LogP contribution in [-0.4, -0.2) is 15.0 Å². The highest BCUT2D eigenvalue weighted by Crippen LogP contribution is 2.17. The number of rotatable bonds is 1. The van der Waals surface area contributed by atoms with Crippen LogP contribution >= 0.6 is 0 Å².